The number of hydrogen-bond donors (Lipinski definition) is 2. The maximum absolute atomic E-state index is 9.96. The van der Waals surface area contributed by atoms with E-state index in [1.807, 2.05) is 6.92 Å². The number of benzene rings is 3. The van der Waals surface area contributed by atoms with Crippen molar-refractivity contribution in [1.82, 2.24) is 9.88 Å². The van der Waals surface area contributed by atoms with Crippen LogP contribution in [0.25, 0.3) is 21.7 Å². The molecule has 2 radical (unpaired) electrons. The van der Waals surface area contributed by atoms with E-state index in [4.69, 9.17) is 5.73 Å². The number of rotatable bonds is 5. The van der Waals surface area contributed by atoms with E-state index >= 15 is 0 Å². The van der Waals surface area contributed by atoms with Gasteiger partial charge < -0.3 is 15.6 Å². The SMILES string of the molecule is C.Cc1cc2ccc(C(C)N)cc2n1Cc1cccc2ccccc12.O=CNC1CCCCC1.[CH3][Sb]. The van der Waals surface area contributed by atoms with E-state index in [0.717, 1.165) is 13.0 Å². The summed E-state index contributed by atoms with van der Waals surface area (Å²) in [7, 11) is 0. The molecule has 1 aromatic heterocycles. The zero-order valence-corrected chi connectivity index (χ0v) is 23.8. The molecule has 4 nitrogen and oxygen atoms in total. The average Bonchev–Trinajstić information content (AvgIpc) is 3.21. The van der Waals surface area contributed by atoms with E-state index in [2.05, 4.69) is 88.4 Å². The summed E-state index contributed by atoms with van der Waals surface area (Å²) in [5.41, 5.74) is 11.1. The second-order valence-electron chi connectivity index (χ2n) is 9.24. The Hall–Kier alpha value is -2.29. The first kappa shape index (κ1) is 29.9. The van der Waals surface area contributed by atoms with Crippen LogP contribution in [0.5, 0.6) is 0 Å². The van der Waals surface area contributed by atoms with Crippen LogP contribution in [0, 0.1) is 6.92 Å². The molecule has 0 aliphatic heterocycles. The van der Waals surface area contributed by atoms with E-state index in [1.54, 1.807) is 23.0 Å². The van der Waals surface area contributed by atoms with Crippen molar-refractivity contribution in [1.29, 1.82) is 0 Å². The molecule has 0 saturated heterocycles. The van der Waals surface area contributed by atoms with Gasteiger partial charge in [-0.05, 0) is 66.1 Å². The van der Waals surface area contributed by atoms with Gasteiger partial charge in [0.05, 0.1) is 0 Å². The van der Waals surface area contributed by atoms with Crippen molar-refractivity contribution >= 4 is 51.1 Å². The Morgan fingerprint density at radius 3 is 2.39 bits per heavy atom. The molecular formula is C31H42N3OSb. The first-order chi connectivity index (χ1) is 17.1. The fraction of sp³-hybridized carbons (Fsp3) is 0.387. The number of carbonyl (C=O) groups is 1. The molecule has 1 unspecified atom stereocenters. The minimum absolute atomic E-state index is 0. The number of hydrogen-bond acceptors (Lipinski definition) is 2. The first-order valence-electron chi connectivity index (χ1n) is 12.5. The van der Waals surface area contributed by atoms with Crippen LogP contribution in [-0.2, 0) is 11.3 Å². The molecule has 1 atom stereocenters. The molecule has 1 fully saturated rings. The molecule has 192 valence electrons. The topological polar surface area (TPSA) is 60.0 Å². The van der Waals surface area contributed by atoms with Crippen molar-refractivity contribution in [3.63, 3.8) is 0 Å². The fourth-order valence-electron chi connectivity index (χ4n) is 4.87. The summed E-state index contributed by atoms with van der Waals surface area (Å²) in [5.74, 6) is 0. The van der Waals surface area contributed by atoms with E-state index in [9.17, 15) is 4.79 Å². The standard InChI is InChI=1S/C22H22N2.C7H13NO.CH4.CH3.Sb/c1-15-12-19-11-10-18(16(2)23)13-22(19)24(15)14-20-8-5-7-17-6-3-4-9-21(17)20;9-6-8-7-4-2-1-3-5-7;;;/h3-13,16H,14,23H2,1-2H3;6-7H,1-5H2,(H,8,9);1H4;1H3;. The molecule has 3 N–H and O–H groups in total. The van der Waals surface area contributed by atoms with Gasteiger partial charge in [-0.15, -0.1) is 0 Å². The summed E-state index contributed by atoms with van der Waals surface area (Å²) in [6.07, 6.45) is 7.08. The van der Waals surface area contributed by atoms with E-state index in [-0.39, 0.29) is 13.5 Å². The van der Waals surface area contributed by atoms with E-state index in [1.165, 1.54) is 70.6 Å². The van der Waals surface area contributed by atoms with E-state index in [0.29, 0.717) is 6.04 Å². The van der Waals surface area contributed by atoms with E-state index < -0.39 is 0 Å². The van der Waals surface area contributed by atoms with Crippen LogP contribution in [0.15, 0.2) is 66.7 Å². The molecule has 5 rings (SSSR count). The van der Waals surface area contributed by atoms with Crippen LogP contribution in [-0.4, -0.2) is 40.0 Å². The van der Waals surface area contributed by atoms with Crippen LogP contribution in [0.4, 0.5) is 0 Å². The molecule has 1 amide bonds. The van der Waals surface area contributed by atoms with Gasteiger partial charge in [-0.25, -0.2) is 0 Å². The third kappa shape index (κ3) is 7.60. The van der Waals surface area contributed by atoms with Crippen molar-refractivity contribution < 1.29 is 4.79 Å². The van der Waals surface area contributed by atoms with Gasteiger partial charge in [-0.1, -0.05) is 81.3 Å². The number of amides is 1. The molecular weight excluding hydrogens is 552 g/mol. The van der Waals surface area contributed by atoms with Crippen molar-refractivity contribution in [2.75, 3.05) is 0 Å². The zero-order valence-electron chi connectivity index (χ0n) is 21.2. The molecule has 0 bridgehead atoms. The number of aryl methyl sites for hydroxylation is 1. The molecule has 5 heteroatoms. The average molecular weight is 594 g/mol. The molecule has 36 heavy (non-hydrogen) atoms. The zero-order chi connectivity index (χ0) is 25.2. The molecule has 1 aliphatic carbocycles. The van der Waals surface area contributed by atoms with Crippen LogP contribution >= 0.6 is 0 Å². The van der Waals surface area contributed by atoms with Gasteiger partial charge in [-0.2, -0.15) is 0 Å². The maximum atomic E-state index is 9.96. The quantitative estimate of drug-likeness (QED) is 0.192. The van der Waals surface area contributed by atoms with Crippen molar-refractivity contribution in [2.24, 2.45) is 5.73 Å². The summed E-state index contributed by atoms with van der Waals surface area (Å²) in [4.78, 5) is 12.0. The number of aromatic nitrogens is 1. The van der Waals surface area contributed by atoms with Crippen molar-refractivity contribution in [2.45, 2.75) is 76.9 Å². The normalized spacial score (nSPS) is 14.0. The Morgan fingerprint density at radius 1 is 1.00 bits per heavy atom. The Balaban J connectivity index is 0.000000322. The van der Waals surface area contributed by atoms with Gasteiger partial charge in [0.2, 0.25) is 6.41 Å². The summed E-state index contributed by atoms with van der Waals surface area (Å²) in [6.45, 7) is 5.09. The Labute approximate surface area is 231 Å². The monoisotopic (exact) mass is 593 g/mol. The molecule has 1 aliphatic rings. The number of nitrogens with zero attached hydrogens (tertiary/aromatic N) is 1. The molecule has 0 spiro atoms. The third-order valence-electron chi connectivity index (χ3n) is 6.78. The minimum atomic E-state index is 0. The van der Waals surface area contributed by atoms with Gasteiger partial charge >= 0.3 is 27.9 Å². The first-order valence-corrected chi connectivity index (χ1v) is 15.1. The number of nitrogens with one attached hydrogen (secondary N) is 1. The van der Waals surface area contributed by atoms with Crippen LogP contribution in [0.3, 0.4) is 0 Å². The number of nitrogens with two attached hydrogens (primary N) is 1. The Morgan fingerprint density at radius 2 is 1.69 bits per heavy atom. The molecule has 3 aromatic carbocycles. The number of fused-ring (bicyclic) bond motifs is 2. The number of carbonyl (C=O) groups excluding carboxylic acids is 1. The summed E-state index contributed by atoms with van der Waals surface area (Å²) in [6, 6.07) is 24.5. The predicted molar refractivity (Wildman–Crippen MR) is 157 cm³/mol. The van der Waals surface area contributed by atoms with Gasteiger partial charge in [0.25, 0.3) is 0 Å². The second kappa shape index (κ2) is 15.1. The fourth-order valence-corrected chi connectivity index (χ4v) is 4.87. The molecule has 4 aromatic rings. The summed E-state index contributed by atoms with van der Waals surface area (Å²) >= 11 is 1.75. The summed E-state index contributed by atoms with van der Waals surface area (Å²) < 4.78 is 2.39. The molecule has 1 saturated carbocycles. The Bertz CT molecular complexity index is 1220. The van der Waals surface area contributed by atoms with Crippen LogP contribution in [0.2, 0.25) is 4.87 Å². The van der Waals surface area contributed by atoms with Gasteiger partial charge in [-0.3, -0.25) is 4.79 Å². The van der Waals surface area contributed by atoms with Gasteiger partial charge in [0.15, 0.2) is 0 Å². The van der Waals surface area contributed by atoms with Crippen molar-refractivity contribution in [3.8, 4) is 0 Å². The third-order valence-corrected chi connectivity index (χ3v) is 6.78. The van der Waals surface area contributed by atoms with Crippen molar-refractivity contribution in [3.05, 3.63) is 83.6 Å². The van der Waals surface area contributed by atoms with Crippen LogP contribution < -0.4 is 11.1 Å². The Kier molecular flexibility index (Phi) is 12.5. The van der Waals surface area contributed by atoms with Gasteiger partial charge in [0, 0.05) is 29.8 Å². The summed E-state index contributed by atoms with van der Waals surface area (Å²) in [5, 5.41) is 6.69. The van der Waals surface area contributed by atoms with Crippen LogP contribution in [0.1, 0.15) is 69.3 Å². The molecule has 1 heterocycles. The van der Waals surface area contributed by atoms with Gasteiger partial charge in [0.1, 0.15) is 0 Å². The second-order valence-corrected chi connectivity index (χ2v) is 9.24. The predicted octanol–water partition coefficient (Wildman–Crippen LogP) is 7.08.